The quantitative estimate of drug-likeness (QED) is 0.880. The number of halogens is 2. The Morgan fingerprint density at radius 1 is 1.23 bits per heavy atom. The Kier molecular flexibility index (Phi) is 5.71. The van der Waals surface area contributed by atoms with Gasteiger partial charge in [-0.05, 0) is 63.9 Å². The fraction of sp³-hybridized carbons (Fsp3) is 0.450. The largest absolute Gasteiger partial charge is 0.466 e. The molecule has 0 bridgehead atoms. The molecular formula is C20H24F2N2O2. The van der Waals surface area contributed by atoms with Crippen LogP contribution >= 0.6 is 0 Å². The Balaban J connectivity index is 1.47. The molecule has 0 atom stereocenters. The molecule has 0 unspecified atom stereocenters. The summed E-state index contributed by atoms with van der Waals surface area (Å²) in [7, 11) is 0. The smallest absolute Gasteiger partial charge is 0.257 e. The Morgan fingerprint density at radius 2 is 1.88 bits per heavy atom. The SMILES string of the molecule is Cc1cc(CN2CCC(CNC(=O)c3c(F)cccc3F)CC2)c(C)o1. The fourth-order valence-electron chi connectivity index (χ4n) is 3.47. The second-order valence-corrected chi connectivity index (χ2v) is 6.96. The highest BCUT2D eigenvalue weighted by atomic mass is 19.1. The Labute approximate surface area is 152 Å². The van der Waals surface area contributed by atoms with Gasteiger partial charge in [0.25, 0.3) is 5.91 Å². The molecule has 26 heavy (non-hydrogen) atoms. The van der Waals surface area contributed by atoms with Gasteiger partial charge >= 0.3 is 0 Å². The van der Waals surface area contributed by atoms with Crippen LogP contribution in [0.1, 0.15) is 40.3 Å². The molecule has 1 aliphatic heterocycles. The minimum atomic E-state index is -0.830. The molecule has 4 nitrogen and oxygen atoms in total. The molecule has 140 valence electrons. The maximum Gasteiger partial charge on any atom is 0.257 e. The van der Waals surface area contributed by atoms with Crippen molar-refractivity contribution in [3.63, 3.8) is 0 Å². The van der Waals surface area contributed by atoms with E-state index >= 15 is 0 Å². The van der Waals surface area contributed by atoms with Gasteiger partial charge in [-0.25, -0.2) is 8.78 Å². The summed E-state index contributed by atoms with van der Waals surface area (Å²) in [5.74, 6) is -0.143. The first kappa shape index (κ1) is 18.6. The predicted molar refractivity (Wildman–Crippen MR) is 94.9 cm³/mol. The third-order valence-electron chi connectivity index (χ3n) is 4.99. The second kappa shape index (κ2) is 7.99. The van der Waals surface area contributed by atoms with E-state index in [0.29, 0.717) is 12.5 Å². The van der Waals surface area contributed by atoms with Crippen LogP contribution in [0.5, 0.6) is 0 Å². The van der Waals surface area contributed by atoms with E-state index in [0.717, 1.165) is 56.1 Å². The van der Waals surface area contributed by atoms with Crippen LogP contribution in [0.25, 0.3) is 0 Å². The molecule has 1 aliphatic rings. The van der Waals surface area contributed by atoms with Gasteiger partial charge in [0.15, 0.2) is 0 Å². The van der Waals surface area contributed by atoms with Gasteiger partial charge in [-0.3, -0.25) is 9.69 Å². The highest BCUT2D eigenvalue weighted by molar-refractivity contribution is 5.94. The molecular weight excluding hydrogens is 338 g/mol. The summed E-state index contributed by atoms with van der Waals surface area (Å²) in [5.41, 5.74) is 0.708. The highest BCUT2D eigenvalue weighted by Gasteiger charge is 2.22. The van der Waals surface area contributed by atoms with Gasteiger partial charge in [-0.15, -0.1) is 0 Å². The topological polar surface area (TPSA) is 45.5 Å². The number of furan rings is 1. The number of likely N-dealkylation sites (tertiary alicyclic amines) is 1. The monoisotopic (exact) mass is 362 g/mol. The number of hydrogen-bond acceptors (Lipinski definition) is 3. The Morgan fingerprint density at radius 3 is 2.46 bits per heavy atom. The number of benzene rings is 1. The number of aryl methyl sites for hydroxylation is 2. The molecule has 6 heteroatoms. The van der Waals surface area contributed by atoms with Crippen molar-refractivity contribution < 1.29 is 18.0 Å². The number of nitrogens with one attached hydrogen (secondary N) is 1. The molecule has 0 aliphatic carbocycles. The number of rotatable bonds is 5. The zero-order chi connectivity index (χ0) is 18.7. The van der Waals surface area contributed by atoms with Crippen molar-refractivity contribution in [2.24, 2.45) is 5.92 Å². The van der Waals surface area contributed by atoms with E-state index in [-0.39, 0.29) is 0 Å². The first-order valence-corrected chi connectivity index (χ1v) is 8.94. The average Bonchev–Trinajstić information content (AvgIpc) is 2.91. The molecule has 3 rings (SSSR count). The van der Waals surface area contributed by atoms with E-state index in [9.17, 15) is 13.6 Å². The van der Waals surface area contributed by atoms with Crippen LogP contribution in [0.4, 0.5) is 8.78 Å². The van der Waals surface area contributed by atoms with Crippen LogP contribution in [-0.4, -0.2) is 30.4 Å². The van der Waals surface area contributed by atoms with Crippen LogP contribution in [-0.2, 0) is 6.54 Å². The summed E-state index contributed by atoms with van der Waals surface area (Å²) in [6.45, 7) is 7.08. The van der Waals surface area contributed by atoms with Crippen molar-refractivity contribution >= 4 is 5.91 Å². The molecule has 0 radical (unpaired) electrons. The number of nitrogens with zero attached hydrogens (tertiary/aromatic N) is 1. The molecule has 1 N–H and O–H groups in total. The molecule has 1 aromatic heterocycles. The average molecular weight is 362 g/mol. The van der Waals surface area contributed by atoms with Crippen LogP contribution in [0, 0.1) is 31.4 Å². The van der Waals surface area contributed by atoms with Gasteiger partial charge in [0.05, 0.1) is 0 Å². The van der Waals surface area contributed by atoms with Gasteiger partial charge in [0, 0.05) is 18.7 Å². The lowest BCUT2D eigenvalue weighted by Crippen LogP contribution is -2.38. The molecule has 1 amide bonds. The molecule has 1 aromatic carbocycles. The Bertz CT molecular complexity index is 760. The number of piperidine rings is 1. The van der Waals surface area contributed by atoms with E-state index in [1.165, 1.54) is 11.6 Å². The summed E-state index contributed by atoms with van der Waals surface area (Å²) in [6.07, 6.45) is 1.88. The van der Waals surface area contributed by atoms with Crippen molar-refractivity contribution in [2.45, 2.75) is 33.2 Å². The molecule has 0 saturated carbocycles. The molecule has 2 aromatic rings. The van der Waals surface area contributed by atoms with E-state index in [2.05, 4.69) is 16.3 Å². The van der Waals surface area contributed by atoms with E-state index in [1.807, 2.05) is 13.8 Å². The summed E-state index contributed by atoms with van der Waals surface area (Å²) in [5, 5.41) is 2.67. The maximum atomic E-state index is 13.6. The first-order valence-electron chi connectivity index (χ1n) is 8.94. The zero-order valence-corrected chi connectivity index (χ0v) is 15.1. The molecule has 1 saturated heterocycles. The zero-order valence-electron chi connectivity index (χ0n) is 15.1. The normalized spacial score (nSPS) is 16.0. The Hall–Kier alpha value is -2.21. The van der Waals surface area contributed by atoms with Crippen molar-refractivity contribution in [1.29, 1.82) is 0 Å². The summed E-state index contributed by atoms with van der Waals surface area (Å²) in [4.78, 5) is 14.4. The number of carbonyl (C=O) groups is 1. The van der Waals surface area contributed by atoms with Crippen LogP contribution in [0.2, 0.25) is 0 Å². The van der Waals surface area contributed by atoms with Crippen LogP contribution < -0.4 is 5.32 Å². The van der Waals surface area contributed by atoms with Gasteiger partial charge in [-0.2, -0.15) is 0 Å². The first-order chi connectivity index (χ1) is 12.4. The second-order valence-electron chi connectivity index (χ2n) is 6.96. The lowest BCUT2D eigenvalue weighted by Gasteiger charge is -2.31. The van der Waals surface area contributed by atoms with Gasteiger partial charge < -0.3 is 9.73 Å². The van der Waals surface area contributed by atoms with Crippen molar-refractivity contribution in [3.8, 4) is 0 Å². The number of hydrogen-bond donors (Lipinski definition) is 1. The third kappa shape index (κ3) is 4.30. The van der Waals surface area contributed by atoms with E-state index in [4.69, 9.17) is 4.42 Å². The standard InChI is InChI=1S/C20H24F2N2O2/c1-13-10-16(14(2)26-13)12-24-8-6-15(7-9-24)11-23-20(25)19-17(21)4-3-5-18(19)22/h3-5,10,15H,6-9,11-12H2,1-2H3,(H,23,25). The molecule has 2 heterocycles. The summed E-state index contributed by atoms with van der Waals surface area (Å²) in [6, 6.07) is 5.51. The van der Waals surface area contributed by atoms with Crippen molar-refractivity contribution in [1.82, 2.24) is 10.2 Å². The summed E-state index contributed by atoms with van der Waals surface area (Å²) < 4.78 is 32.9. The van der Waals surface area contributed by atoms with Crippen molar-refractivity contribution in [2.75, 3.05) is 19.6 Å². The number of amides is 1. The van der Waals surface area contributed by atoms with Gasteiger partial charge in [0.1, 0.15) is 28.7 Å². The molecule has 1 fully saturated rings. The number of carbonyl (C=O) groups excluding carboxylic acids is 1. The van der Waals surface area contributed by atoms with E-state index < -0.39 is 23.1 Å². The van der Waals surface area contributed by atoms with Crippen molar-refractivity contribution in [3.05, 3.63) is 58.5 Å². The van der Waals surface area contributed by atoms with E-state index in [1.54, 1.807) is 0 Å². The lowest BCUT2D eigenvalue weighted by atomic mass is 9.96. The van der Waals surface area contributed by atoms with Gasteiger partial charge in [-0.1, -0.05) is 6.07 Å². The molecule has 0 spiro atoms. The highest BCUT2D eigenvalue weighted by Crippen LogP contribution is 2.21. The fourth-order valence-corrected chi connectivity index (χ4v) is 3.47. The lowest BCUT2D eigenvalue weighted by molar-refractivity contribution is 0.0926. The predicted octanol–water partition coefficient (Wildman–Crippen LogP) is 3.82. The minimum absolute atomic E-state index is 0.317. The van der Waals surface area contributed by atoms with Gasteiger partial charge in [0.2, 0.25) is 0 Å². The third-order valence-corrected chi connectivity index (χ3v) is 4.99. The maximum absolute atomic E-state index is 13.6. The minimum Gasteiger partial charge on any atom is -0.466 e. The van der Waals surface area contributed by atoms with Crippen LogP contribution in [0.3, 0.4) is 0 Å². The summed E-state index contributed by atoms with van der Waals surface area (Å²) >= 11 is 0. The van der Waals surface area contributed by atoms with Crippen LogP contribution in [0.15, 0.2) is 28.7 Å².